The molecular weight excluding hydrogens is 382 g/mol. The normalized spacial score (nSPS) is 10.5. The van der Waals surface area contributed by atoms with Crippen LogP contribution in [0.4, 0.5) is 0 Å². The second kappa shape index (κ2) is 10.9. The lowest BCUT2D eigenvalue weighted by Gasteiger charge is -2.07. The number of methoxy groups -OCH3 is 1. The van der Waals surface area contributed by atoms with Gasteiger partial charge >= 0.3 is 11.8 Å². The van der Waals surface area contributed by atoms with Gasteiger partial charge in [-0.15, -0.1) is 0 Å². The average molecular weight is 404 g/mol. The van der Waals surface area contributed by atoms with E-state index in [2.05, 4.69) is 15.8 Å². The van der Waals surface area contributed by atoms with E-state index in [4.69, 9.17) is 21.1 Å². The zero-order valence-corrected chi connectivity index (χ0v) is 16.5. The average Bonchev–Trinajstić information content (AvgIpc) is 2.71. The number of amides is 2. The number of ether oxygens (including phenoxy) is 2. The summed E-state index contributed by atoms with van der Waals surface area (Å²) in [6.45, 7) is 2.80. The fraction of sp³-hybridized carbons (Fsp3) is 0.250. The summed E-state index contributed by atoms with van der Waals surface area (Å²) in [6, 6.07) is 12.3. The van der Waals surface area contributed by atoms with E-state index in [1.807, 2.05) is 6.92 Å². The maximum atomic E-state index is 11.8. The van der Waals surface area contributed by atoms with Gasteiger partial charge in [0.2, 0.25) is 0 Å². The number of carbonyl (C=O) groups is 2. The molecule has 2 aromatic carbocycles. The molecule has 0 aliphatic carbocycles. The number of benzene rings is 2. The van der Waals surface area contributed by atoms with Crippen molar-refractivity contribution in [2.75, 3.05) is 13.7 Å². The van der Waals surface area contributed by atoms with Crippen molar-refractivity contribution in [2.45, 2.75) is 19.9 Å². The van der Waals surface area contributed by atoms with Crippen LogP contribution in [0.2, 0.25) is 5.02 Å². The van der Waals surface area contributed by atoms with Gasteiger partial charge in [-0.3, -0.25) is 9.59 Å². The zero-order chi connectivity index (χ0) is 20.4. The van der Waals surface area contributed by atoms with Crippen LogP contribution < -0.4 is 20.2 Å². The van der Waals surface area contributed by atoms with Gasteiger partial charge in [0.05, 0.1) is 25.0 Å². The third-order valence-corrected chi connectivity index (χ3v) is 3.91. The minimum atomic E-state index is -0.862. The van der Waals surface area contributed by atoms with Crippen molar-refractivity contribution in [3.63, 3.8) is 0 Å². The maximum Gasteiger partial charge on any atom is 0.329 e. The number of carbonyl (C=O) groups excluding carboxylic acids is 2. The van der Waals surface area contributed by atoms with E-state index in [1.165, 1.54) is 6.21 Å². The summed E-state index contributed by atoms with van der Waals surface area (Å²) in [7, 11) is 1.57. The van der Waals surface area contributed by atoms with E-state index in [1.54, 1.807) is 49.6 Å². The van der Waals surface area contributed by atoms with Crippen LogP contribution in [0.5, 0.6) is 11.5 Å². The van der Waals surface area contributed by atoms with Gasteiger partial charge < -0.3 is 14.8 Å². The third-order valence-electron chi connectivity index (χ3n) is 3.62. The van der Waals surface area contributed by atoms with Crippen LogP contribution in [0.3, 0.4) is 0 Å². The molecule has 0 unspecified atom stereocenters. The quantitative estimate of drug-likeness (QED) is 0.403. The highest BCUT2D eigenvalue weighted by Gasteiger charge is 2.12. The van der Waals surface area contributed by atoms with Crippen molar-refractivity contribution >= 4 is 29.6 Å². The fourth-order valence-electron chi connectivity index (χ4n) is 2.15. The Hall–Kier alpha value is -3.06. The first-order chi connectivity index (χ1) is 13.5. The molecule has 2 N–H and O–H groups in total. The molecule has 2 rings (SSSR count). The van der Waals surface area contributed by atoms with Crippen molar-refractivity contribution in [2.24, 2.45) is 5.10 Å². The van der Waals surface area contributed by atoms with Gasteiger partial charge in [0, 0.05) is 6.54 Å². The maximum absolute atomic E-state index is 11.8. The van der Waals surface area contributed by atoms with Gasteiger partial charge in [0.1, 0.15) is 11.5 Å². The van der Waals surface area contributed by atoms with E-state index < -0.39 is 11.8 Å². The number of nitrogens with one attached hydrogen (secondary N) is 2. The lowest BCUT2D eigenvalue weighted by atomic mass is 10.2. The van der Waals surface area contributed by atoms with Gasteiger partial charge in [-0.25, -0.2) is 5.43 Å². The van der Waals surface area contributed by atoms with Crippen LogP contribution in [0.25, 0.3) is 0 Å². The van der Waals surface area contributed by atoms with E-state index in [0.717, 1.165) is 12.0 Å². The highest BCUT2D eigenvalue weighted by Crippen LogP contribution is 2.25. The summed E-state index contributed by atoms with van der Waals surface area (Å²) in [5, 5.41) is 6.73. The summed E-state index contributed by atoms with van der Waals surface area (Å²) in [6.07, 6.45) is 2.27. The lowest BCUT2D eigenvalue weighted by Crippen LogP contribution is -2.37. The number of nitrogens with zero attached hydrogens (tertiary/aromatic N) is 1. The lowest BCUT2D eigenvalue weighted by molar-refractivity contribution is -0.139. The number of hydrogen-bond acceptors (Lipinski definition) is 5. The molecule has 0 fully saturated rings. The highest BCUT2D eigenvalue weighted by atomic mass is 35.5. The number of hydrazone groups is 1. The van der Waals surface area contributed by atoms with Crippen LogP contribution in [-0.2, 0) is 16.1 Å². The van der Waals surface area contributed by atoms with E-state index in [0.29, 0.717) is 28.7 Å². The smallest absolute Gasteiger partial charge is 0.329 e. The Labute approximate surface area is 168 Å². The summed E-state index contributed by atoms with van der Waals surface area (Å²) in [4.78, 5) is 23.6. The molecule has 0 aromatic heterocycles. The molecule has 0 saturated carbocycles. The first-order valence-electron chi connectivity index (χ1n) is 8.70. The summed E-state index contributed by atoms with van der Waals surface area (Å²) in [5.74, 6) is -0.345. The second-order valence-corrected chi connectivity index (χ2v) is 6.18. The Bertz CT molecular complexity index is 838. The van der Waals surface area contributed by atoms with E-state index >= 15 is 0 Å². The van der Waals surface area contributed by atoms with Crippen molar-refractivity contribution in [1.82, 2.24) is 10.7 Å². The summed E-state index contributed by atoms with van der Waals surface area (Å²) in [5.41, 5.74) is 3.68. The van der Waals surface area contributed by atoms with Gasteiger partial charge in [0.15, 0.2) is 0 Å². The fourth-order valence-corrected chi connectivity index (χ4v) is 2.39. The van der Waals surface area contributed by atoms with Crippen molar-refractivity contribution < 1.29 is 19.1 Å². The second-order valence-electron chi connectivity index (χ2n) is 5.77. The molecule has 0 saturated heterocycles. The number of hydrogen-bond donors (Lipinski definition) is 2. The van der Waals surface area contributed by atoms with E-state index in [9.17, 15) is 9.59 Å². The summed E-state index contributed by atoms with van der Waals surface area (Å²) < 4.78 is 10.5. The highest BCUT2D eigenvalue weighted by molar-refractivity contribution is 6.35. The van der Waals surface area contributed by atoms with Crippen LogP contribution in [0.15, 0.2) is 47.6 Å². The van der Waals surface area contributed by atoms with Crippen LogP contribution in [0.1, 0.15) is 24.5 Å². The predicted molar refractivity (Wildman–Crippen MR) is 108 cm³/mol. The largest absolute Gasteiger partial charge is 0.497 e. The molecule has 2 aromatic rings. The third kappa shape index (κ3) is 6.59. The molecule has 2 amide bonds. The molecule has 8 heteroatoms. The molecule has 0 aliphatic heterocycles. The minimum Gasteiger partial charge on any atom is -0.497 e. The molecule has 0 spiro atoms. The molecule has 0 bridgehead atoms. The Morgan fingerprint density at radius 1 is 1.14 bits per heavy atom. The Kier molecular flexibility index (Phi) is 8.30. The van der Waals surface area contributed by atoms with Gasteiger partial charge in [0.25, 0.3) is 0 Å². The molecule has 28 heavy (non-hydrogen) atoms. The number of halogens is 1. The first-order valence-corrected chi connectivity index (χ1v) is 9.07. The standard InChI is InChI=1S/C20H22ClN3O4/c1-3-10-28-18-9-6-15(11-17(18)21)13-23-24-20(26)19(25)22-12-14-4-7-16(27-2)8-5-14/h4-9,11,13H,3,10,12H2,1-2H3,(H,22,25)(H,24,26)/b23-13-. The Morgan fingerprint density at radius 3 is 2.54 bits per heavy atom. The van der Waals surface area contributed by atoms with Crippen LogP contribution >= 0.6 is 11.6 Å². The van der Waals surface area contributed by atoms with Crippen molar-refractivity contribution in [3.05, 3.63) is 58.6 Å². The Balaban J connectivity index is 1.81. The topological polar surface area (TPSA) is 89.0 Å². The van der Waals surface area contributed by atoms with Crippen molar-refractivity contribution in [1.29, 1.82) is 0 Å². The van der Waals surface area contributed by atoms with Gasteiger partial charge in [-0.2, -0.15) is 5.10 Å². The minimum absolute atomic E-state index is 0.217. The van der Waals surface area contributed by atoms with Gasteiger partial charge in [-0.1, -0.05) is 30.7 Å². The SMILES string of the molecule is CCCOc1ccc(/C=N\NC(=O)C(=O)NCc2ccc(OC)cc2)cc1Cl. The van der Waals surface area contributed by atoms with Crippen LogP contribution in [0, 0.1) is 0 Å². The van der Waals surface area contributed by atoms with Crippen molar-refractivity contribution in [3.8, 4) is 11.5 Å². The molecular formula is C20H22ClN3O4. The van der Waals surface area contributed by atoms with Gasteiger partial charge in [-0.05, 0) is 47.9 Å². The first kappa shape index (κ1) is 21.2. The van der Waals surface area contributed by atoms with E-state index in [-0.39, 0.29) is 6.54 Å². The molecule has 0 heterocycles. The zero-order valence-electron chi connectivity index (χ0n) is 15.7. The molecule has 148 valence electrons. The predicted octanol–water partition coefficient (Wildman–Crippen LogP) is 2.90. The molecule has 0 atom stereocenters. The Morgan fingerprint density at radius 2 is 1.89 bits per heavy atom. The number of rotatable bonds is 8. The monoisotopic (exact) mass is 403 g/mol. The summed E-state index contributed by atoms with van der Waals surface area (Å²) >= 11 is 6.13. The molecule has 0 radical (unpaired) electrons. The van der Waals surface area contributed by atoms with Crippen LogP contribution in [-0.4, -0.2) is 31.7 Å². The molecule has 0 aliphatic rings. The molecule has 7 nitrogen and oxygen atoms in total.